The molecule has 0 aliphatic heterocycles. The lowest BCUT2D eigenvalue weighted by Gasteiger charge is -1.93. The van der Waals surface area contributed by atoms with Gasteiger partial charge >= 0.3 is 5.88 Å². The highest BCUT2D eigenvalue weighted by Gasteiger charge is 2.26. The summed E-state index contributed by atoms with van der Waals surface area (Å²) in [6.07, 6.45) is 0. The minimum Gasteiger partial charge on any atom is -0.491 e. The zero-order valence-corrected chi connectivity index (χ0v) is 6.13. The van der Waals surface area contributed by atoms with E-state index in [0.717, 1.165) is 0 Å². The summed E-state index contributed by atoms with van der Waals surface area (Å²) >= 11 is 0. The molecule has 13 heavy (non-hydrogen) atoms. The van der Waals surface area contributed by atoms with Gasteiger partial charge in [-0.1, -0.05) is 0 Å². The zero-order chi connectivity index (χ0) is 9.75. The number of nitrogens with two attached hydrogens (primary N) is 1. The van der Waals surface area contributed by atoms with E-state index in [9.17, 15) is 5.21 Å². The molecule has 0 saturated carbocycles. The standard InChI is InChI=1S/C5H5N3O5/c6-1-3-2(7(11)4(1)9)5(10)8(12)13-3/h9-11H,6H2. The minimum atomic E-state index is -0.871. The molecular formula is C5H5N3O5. The summed E-state index contributed by atoms with van der Waals surface area (Å²) in [5, 5.41) is 37.8. The molecule has 2 aromatic heterocycles. The predicted molar refractivity (Wildman–Crippen MR) is 38.1 cm³/mol. The van der Waals surface area contributed by atoms with Gasteiger partial charge in [-0.15, -0.1) is 4.73 Å². The lowest BCUT2D eigenvalue weighted by molar-refractivity contribution is -0.791. The Kier molecular flexibility index (Phi) is 1.09. The summed E-state index contributed by atoms with van der Waals surface area (Å²) < 4.78 is 4.54. The van der Waals surface area contributed by atoms with E-state index in [1.54, 1.807) is 0 Å². The number of hydrogen-bond acceptors (Lipinski definition) is 6. The van der Waals surface area contributed by atoms with Crippen molar-refractivity contribution in [3.05, 3.63) is 5.21 Å². The van der Waals surface area contributed by atoms with Crippen LogP contribution in [-0.4, -0.2) is 20.2 Å². The number of nitrogens with zero attached hydrogens (tertiary/aromatic N) is 2. The number of aromatic nitrogens is 2. The summed E-state index contributed by atoms with van der Waals surface area (Å²) in [4.78, 5) is -0.229. The largest absolute Gasteiger partial charge is 0.491 e. The second-order valence-electron chi connectivity index (χ2n) is 2.40. The Morgan fingerprint density at radius 3 is 2.62 bits per heavy atom. The SMILES string of the molecule is Nc1c(O)n(O)c2c(O)[n+]([O-])oc12. The average molecular weight is 187 g/mol. The molecule has 2 heterocycles. The van der Waals surface area contributed by atoms with Crippen molar-refractivity contribution in [1.29, 1.82) is 0 Å². The van der Waals surface area contributed by atoms with Gasteiger partial charge < -0.3 is 25.7 Å². The first-order valence-electron chi connectivity index (χ1n) is 3.18. The van der Waals surface area contributed by atoms with Crippen molar-refractivity contribution >= 4 is 16.8 Å². The van der Waals surface area contributed by atoms with Crippen LogP contribution in [0, 0.1) is 5.21 Å². The van der Waals surface area contributed by atoms with Gasteiger partial charge in [-0.3, -0.25) is 5.21 Å². The number of fused-ring (bicyclic) bond motifs is 1. The van der Waals surface area contributed by atoms with Gasteiger partial charge in [0.25, 0.3) is 5.88 Å². The van der Waals surface area contributed by atoms with Crippen LogP contribution in [0.3, 0.4) is 0 Å². The van der Waals surface area contributed by atoms with Crippen LogP contribution in [0.2, 0.25) is 0 Å². The molecule has 5 N–H and O–H groups in total. The molecule has 0 fully saturated rings. The van der Waals surface area contributed by atoms with Crippen molar-refractivity contribution in [3.63, 3.8) is 0 Å². The van der Waals surface area contributed by atoms with E-state index in [1.165, 1.54) is 0 Å². The molecule has 70 valence electrons. The Bertz CT molecular complexity index is 484. The fraction of sp³-hybridized carbons (Fsp3) is 0. The van der Waals surface area contributed by atoms with Gasteiger partial charge in [0.1, 0.15) is 11.3 Å². The molecule has 8 nitrogen and oxygen atoms in total. The molecule has 8 heteroatoms. The highest BCUT2D eigenvalue weighted by molar-refractivity contribution is 5.92. The number of anilines is 1. The molecule has 0 unspecified atom stereocenters. The monoisotopic (exact) mass is 187 g/mol. The molecule has 0 amide bonds. The molecule has 0 aliphatic carbocycles. The second-order valence-corrected chi connectivity index (χ2v) is 2.40. The van der Waals surface area contributed by atoms with Gasteiger partial charge in [-0.05, 0) is 0 Å². The van der Waals surface area contributed by atoms with Gasteiger partial charge in [0.2, 0.25) is 5.52 Å². The summed E-state index contributed by atoms with van der Waals surface area (Å²) in [5.74, 6) is -1.56. The van der Waals surface area contributed by atoms with Crippen molar-refractivity contribution in [3.8, 4) is 11.8 Å². The zero-order valence-electron chi connectivity index (χ0n) is 6.13. The first kappa shape index (κ1) is 7.40. The van der Waals surface area contributed by atoms with Crippen molar-refractivity contribution in [1.82, 2.24) is 4.73 Å². The van der Waals surface area contributed by atoms with Crippen molar-refractivity contribution in [2.24, 2.45) is 0 Å². The Morgan fingerprint density at radius 2 is 2.08 bits per heavy atom. The quantitative estimate of drug-likeness (QED) is 0.312. The molecular weight excluding hydrogens is 182 g/mol. The number of hydrogen-bond donors (Lipinski definition) is 4. The minimum absolute atomic E-state index is 0.165. The molecule has 0 saturated heterocycles. The number of nitrogen functional groups attached to an aromatic ring is 1. The molecule has 0 atom stereocenters. The summed E-state index contributed by atoms with van der Waals surface area (Å²) in [6, 6.07) is 0. The average Bonchev–Trinajstić information content (AvgIpc) is 2.48. The van der Waals surface area contributed by atoms with E-state index in [0.29, 0.717) is 0 Å². The Hall–Kier alpha value is -2.25. The third-order valence-electron chi connectivity index (χ3n) is 1.67. The third-order valence-corrected chi connectivity index (χ3v) is 1.67. The highest BCUT2D eigenvalue weighted by atomic mass is 16.7. The fourth-order valence-corrected chi connectivity index (χ4v) is 1.05. The Labute approximate surface area is 70.1 Å². The topological polar surface area (TPSA) is 132 Å². The van der Waals surface area contributed by atoms with Crippen LogP contribution >= 0.6 is 0 Å². The molecule has 2 rings (SSSR count). The van der Waals surface area contributed by atoms with E-state index in [-0.39, 0.29) is 26.4 Å². The molecule has 0 bridgehead atoms. The summed E-state index contributed by atoms with van der Waals surface area (Å²) in [7, 11) is 0. The normalized spacial score (nSPS) is 11.1. The molecule has 2 aromatic rings. The van der Waals surface area contributed by atoms with E-state index >= 15 is 0 Å². The second kappa shape index (κ2) is 1.91. The number of rotatable bonds is 0. The van der Waals surface area contributed by atoms with Crippen LogP contribution in [0.25, 0.3) is 11.1 Å². The van der Waals surface area contributed by atoms with Gasteiger partial charge in [0, 0.05) is 0 Å². The molecule has 0 aliphatic rings. The Balaban J connectivity index is 3.01. The van der Waals surface area contributed by atoms with Crippen molar-refractivity contribution < 1.29 is 24.8 Å². The lowest BCUT2D eigenvalue weighted by atomic mass is 10.4. The first-order valence-corrected chi connectivity index (χ1v) is 3.18. The Morgan fingerprint density at radius 1 is 1.46 bits per heavy atom. The van der Waals surface area contributed by atoms with Gasteiger partial charge in [-0.2, -0.15) is 0 Å². The maximum atomic E-state index is 10.7. The van der Waals surface area contributed by atoms with Gasteiger partial charge in [0.15, 0.2) is 0 Å². The van der Waals surface area contributed by atoms with Crippen molar-refractivity contribution in [2.75, 3.05) is 5.73 Å². The molecule has 0 aromatic carbocycles. The fourth-order valence-electron chi connectivity index (χ4n) is 1.05. The van der Waals surface area contributed by atoms with Crippen LogP contribution in [0.15, 0.2) is 4.52 Å². The highest BCUT2D eigenvalue weighted by Crippen LogP contribution is 2.35. The summed E-state index contributed by atoms with van der Waals surface area (Å²) in [6.45, 7) is 0. The van der Waals surface area contributed by atoms with Gasteiger partial charge in [-0.25, -0.2) is 0 Å². The van der Waals surface area contributed by atoms with Crippen LogP contribution in [-0.2, 0) is 0 Å². The van der Waals surface area contributed by atoms with E-state index in [1.807, 2.05) is 0 Å². The number of aromatic hydroxyl groups is 2. The van der Waals surface area contributed by atoms with Crippen LogP contribution in [0.4, 0.5) is 5.69 Å². The van der Waals surface area contributed by atoms with E-state index in [4.69, 9.17) is 21.2 Å². The molecule has 0 spiro atoms. The first-order chi connectivity index (χ1) is 6.04. The van der Waals surface area contributed by atoms with Crippen molar-refractivity contribution in [2.45, 2.75) is 0 Å². The van der Waals surface area contributed by atoms with Crippen LogP contribution in [0.1, 0.15) is 0 Å². The summed E-state index contributed by atoms with van der Waals surface area (Å²) in [5.41, 5.74) is 4.27. The maximum absolute atomic E-state index is 10.7. The molecule has 0 radical (unpaired) electrons. The third kappa shape index (κ3) is 0.662. The maximum Gasteiger partial charge on any atom is 0.454 e. The predicted octanol–water partition coefficient (Wildman–Crippen LogP) is -0.902. The van der Waals surface area contributed by atoms with E-state index in [2.05, 4.69) is 4.52 Å². The lowest BCUT2D eigenvalue weighted by Crippen LogP contribution is -2.21. The smallest absolute Gasteiger partial charge is 0.454 e. The van der Waals surface area contributed by atoms with Gasteiger partial charge in [0.05, 0.1) is 4.90 Å². The van der Waals surface area contributed by atoms with Crippen LogP contribution in [0.5, 0.6) is 11.8 Å². The van der Waals surface area contributed by atoms with Crippen LogP contribution < -0.4 is 10.6 Å². The van der Waals surface area contributed by atoms with E-state index < -0.39 is 11.8 Å².